The third-order valence-electron chi connectivity index (χ3n) is 4.57. The highest BCUT2D eigenvalue weighted by atomic mass is 16.7. The second-order valence-corrected chi connectivity index (χ2v) is 6.81. The van der Waals surface area contributed by atoms with Gasteiger partial charge in [0.25, 0.3) is 5.96 Å². The van der Waals surface area contributed by atoms with Crippen LogP contribution in [0, 0.1) is 10.1 Å². The minimum atomic E-state index is -0.784. The first kappa shape index (κ1) is 24.6. The fourth-order valence-corrected chi connectivity index (χ4v) is 3.03. The minimum absolute atomic E-state index is 0.0904. The van der Waals surface area contributed by atoms with Crippen LogP contribution in [0.4, 0.5) is 0 Å². The molecule has 0 unspecified atom stereocenters. The molecule has 29 heavy (non-hydrogen) atoms. The van der Waals surface area contributed by atoms with E-state index in [-0.39, 0.29) is 24.4 Å². The van der Waals surface area contributed by atoms with Gasteiger partial charge in [-0.1, -0.05) is 5.43 Å². The number of guanidine groups is 1. The van der Waals surface area contributed by atoms with Crippen molar-refractivity contribution >= 4 is 17.8 Å². The van der Waals surface area contributed by atoms with Gasteiger partial charge in [0.05, 0.1) is 12.6 Å². The molecule has 1 aliphatic heterocycles. The molecule has 12 nitrogen and oxygen atoms in total. The van der Waals surface area contributed by atoms with Gasteiger partial charge in [0.1, 0.15) is 0 Å². The first-order valence-corrected chi connectivity index (χ1v) is 9.96. The van der Waals surface area contributed by atoms with E-state index in [1.54, 1.807) is 17.2 Å². The van der Waals surface area contributed by atoms with Gasteiger partial charge < -0.3 is 21.1 Å². The van der Waals surface area contributed by atoms with E-state index in [4.69, 9.17) is 16.2 Å². The summed E-state index contributed by atoms with van der Waals surface area (Å²) in [5.41, 5.74) is 13.1. The molecule has 0 saturated carbocycles. The first-order valence-electron chi connectivity index (χ1n) is 9.96. The van der Waals surface area contributed by atoms with E-state index in [9.17, 15) is 19.7 Å². The fourth-order valence-electron chi connectivity index (χ4n) is 3.03. The van der Waals surface area contributed by atoms with Crippen molar-refractivity contribution in [2.45, 2.75) is 45.1 Å². The number of hydrogen-bond donors (Lipinski definition) is 3. The summed E-state index contributed by atoms with van der Waals surface area (Å²) in [7, 11) is 0. The first-order chi connectivity index (χ1) is 13.8. The van der Waals surface area contributed by atoms with Crippen LogP contribution < -0.4 is 16.9 Å². The minimum Gasteiger partial charge on any atom is -0.466 e. The molecule has 0 spiro atoms. The van der Waals surface area contributed by atoms with Gasteiger partial charge in [0, 0.05) is 39.1 Å². The van der Waals surface area contributed by atoms with Crippen LogP contribution in [0.2, 0.25) is 0 Å². The lowest BCUT2D eigenvalue weighted by atomic mass is 10.1. The van der Waals surface area contributed by atoms with Crippen molar-refractivity contribution in [3.63, 3.8) is 0 Å². The second-order valence-electron chi connectivity index (χ2n) is 6.81. The summed E-state index contributed by atoms with van der Waals surface area (Å²) in [5, 5.41) is 9.42. The molecule has 1 fully saturated rings. The topological polar surface area (TPSA) is 169 Å². The number of nitrogens with one attached hydrogen (secondary N) is 1. The zero-order valence-electron chi connectivity index (χ0n) is 17.0. The molecule has 0 aromatic heterocycles. The predicted octanol–water partition coefficient (Wildman–Crippen LogP) is -0.932. The monoisotopic (exact) mass is 415 g/mol. The van der Waals surface area contributed by atoms with E-state index >= 15 is 0 Å². The summed E-state index contributed by atoms with van der Waals surface area (Å²) in [6, 6.07) is -0.619. The van der Waals surface area contributed by atoms with Crippen LogP contribution in [0.3, 0.4) is 0 Å². The Morgan fingerprint density at radius 3 is 2.55 bits per heavy atom. The molecule has 1 aliphatic rings. The lowest BCUT2D eigenvalue weighted by Gasteiger charge is -2.36. The van der Waals surface area contributed by atoms with E-state index < -0.39 is 11.1 Å². The number of hydrogen-bond acceptors (Lipinski definition) is 8. The molecule has 5 N–H and O–H groups in total. The van der Waals surface area contributed by atoms with Crippen LogP contribution in [0.25, 0.3) is 0 Å². The van der Waals surface area contributed by atoms with E-state index in [1.807, 2.05) is 0 Å². The van der Waals surface area contributed by atoms with Crippen LogP contribution in [0.5, 0.6) is 0 Å². The SMILES string of the molecule is CCOC(=O)CCCCN1CCN(C(=O)[C@@H](N)CCCN=C(N)N[N+](=O)[O-])CC1. The Bertz CT molecular complexity index is 564. The zero-order valence-corrected chi connectivity index (χ0v) is 17.0. The Morgan fingerprint density at radius 2 is 1.93 bits per heavy atom. The Labute approximate surface area is 170 Å². The number of hydrazine groups is 1. The summed E-state index contributed by atoms with van der Waals surface area (Å²) in [4.78, 5) is 41.8. The third-order valence-corrected chi connectivity index (χ3v) is 4.57. The van der Waals surface area contributed by atoms with Crippen molar-refractivity contribution in [3.05, 3.63) is 10.1 Å². The highest BCUT2D eigenvalue weighted by molar-refractivity contribution is 5.81. The molecular formula is C17H33N7O5. The van der Waals surface area contributed by atoms with Crippen LogP contribution >= 0.6 is 0 Å². The summed E-state index contributed by atoms with van der Waals surface area (Å²) >= 11 is 0. The quantitative estimate of drug-likeness (QED) is 0.0909. The van der Waals surface area contributed by atoms with Gasteiger partial charge in [0.15, 0.2) is 5.03 Å². The molecule has 1 rings (SSSR count). The van der Waals surface area contributed by atoms with Crippen molar-refractivity contribution in [2.24, 2.45) is 16.5 Å². The van der Waals surface area contributed by atoms with Gasteiger partial charge in [-0.05, 0) is 39.2 Å². The number of nitro groups is 1. The number of piperazine rings is 1. The highest BCUT2D eigenvalue weighted by Crippen LogP contribution is 2.08. The average molecular weight is 415 g/mol. The molecule has 0 aliphatic carbocycles. The van der Waals surface area contributed by atoms with Crippen molar-refractivity contribution in [2.75, 3.05) is 45.9 Å². The number of unbranched alkanes of at least 4 members (excludes halogenated alkanes) is 1. The van der Waals surface area contributed by atoms with Gasteiger partial charge in [-0.2, -0.15) is 0 Å². The van der Waals surface area contributed by atoms with Crippen molar-refractivity contribution < 1.29 is 19.4 Å². The highest BCUT2D eigenvalue weighted by Gasteiger charge is 2.24. The number of rotatable bonds is 12. The smallest absolute Gasteiger partial charge is 0.305 e. The van der Waals surface area contributed by atoms with Crippen molar-refractivity contribution in [3.8, 4) is 0 Å². The lowest BCUT2D eigenvalue weighted by Crippen LogP contribution is -2.53. The normalized spacial score (nSPS) is 16.3. The van der Waals surface area contributed by atoms with E-state index in [0.717, 1.165) is 32.5 Å². The number of esters is 1. The predicted molar refractivity (Wildman–Crippen MR) is 107 cm³/mol. The number of carbonyl (C=O) groups is 2. The molecule has 0 aromatic carbocycles. The van der Waals surface area contributed by atoms with Gasteiger partial charge in [0.2, 0.25) is 5.91 Å². The van der Waals surface area contributed by atoms with Gasteiger partial charge in [-0.15, -0.1) is 0 Å². The summed E-state index contributed by atoms with van der Waals surface area (Å²) in [5.74, 6) is -0.514. The molecule has 1 heterocycles. The molecule has 0 bridgehead atoms. The van der Waals surface area contributed by atoms with E-state index in [0.29, 0.717) is 39.0 Å². The van der Waals surface area contributed by atoms with Crippen LogP contribution in [0.1, 0.15) is 39.0 Å². The molecule has 0 radical (unpaired) electrons. The van der Waals surface area contributed by atoms with Crippen molar-refractivity contribution in [1.82, 2.24) is 15.2 Å². The number of aliphatic imine (C=N–C) groups is 1. The molecule has 12 heteroatoms. The summed E-state index contributed by atoms with van der Waals surface area (Å²) in [6.07, 6.45) is 3.10. The summed E-state index contributed by atoms with van der Waals surface area (Å²) < 4.78 is 4.91. The maximum absolute atomic E-state index is 12.4. The number of ether oxygens (including phenoxy) is 1. The second kappa shape index (κ2) is 13.7. The van der Waals surface area contributed by atoms with Gasteiger partial charge >= 0.3 is 5.97 Å². The number of amides is 1. The molecule has 0 aromatic rings. The molecule has 1 amide bonds. The number of nitrogens with zero attached hydrogens (tertiary/aromatic N) is 4. The molecule has 1 saturated heterocycles. The van der Waals surface area contributed by atoms with Gasteiger partial charge in [-0.3, -0.25) is 14.5 Å². The standard InChI is InChI=1S/C17H33N7O5/c1-2-29-15(25)7-3-4-9-22-10-12-23(13-11-22)16(26)14(18)6-5-8-20-17(19)21-24(27)28/h14H,2-13,18H2,1H3,(H3,19,20,21)/t14-/m0/s1. The Hall–Kier alpha value is -2.47. The average Bonchev–Trinajstić information content (AvgIpc) is 2.68. The Kier molecular flexibility index (Phi) is 11.6. The van der Waals surface area contributed by atoms with Gasteiger partial charge in [-0.25, -0.2) is 15.1 Å². The maximum atomic E-state index is 12.4. The van der Waals surface area contributed by atoms with Crippen molar-refractivity contribution in [1.29, 1.82) is 0 Å². The van der Waals surface area contributed by atoms with Crippen LogP contribution in [-0.2, 0) is 14.3 Å². The summed E-state index contributed by atoms with van der Waals surface area (Å²) in [6.45, 7) is 6.18. The molecule has 1 atom stereocenters. The maximum Gasteiger partial charge on any atom is 0.305 e. The third kappa shape index (κ3) is 10.6. The lowest BCUT2D eigenvalue weighted by molar-refractivity contribution is -0.525. The Morgan fingerprint density at radius 1 is 1.24 bits per heavy atom. The van der Waals surface area contributed by atoms with E-state index in [1.165, 1.54) is 0 Å². The molecular weight excluding hydrogens is 382 g/mol. The zero-order chi connectivity index (χ0) is 21.6. The number of carbonyl (C=O) groups excluding carboxylic acids is 2. The largest absolute Gasteiger partial charge is 0.466 e. The van der Waals surface area contributed by atoms with Crippen LogP contribution in [-0.4, -0.2) is 84.6 Å². The number of nitrogens with two attached hydrogens (primary N) is 2. The fraction of sp³-hybridized carbons (Fsp3) is 0.824. The molecule has 166 valence electrons. The Balaban J connectivity index is 2.19. The van der Waals surface area contributed by atoms with Crippen LogP contribution in [0.15, 0.2) is 4.99 Å². The van der Waals surface area contributed by atoms with E-state index in [2.05, 4.69) is 9.89 Å².